The van der Waals surface area contributed by atoms with Crippen LogP contribution >= 0.6 is 0 Å². The van der Waals surface area contributed by atoms with Gasteiger partial charge in [0.15, 0.2) is 0 Å². The molecule has 3 nitrogen and oxygen atoms in total. The van der Waals surface area contributed by atoms with Crippen LogP contribution in [-0.4, -0.2) is 5.91 Å². The first-order valence-electron chi connectivity index (χ1n) is 6.43. The minimum Gasteiger partial charge on any atom is -0.397 e. The molecule has 2 aromatic carbocycles. The Bertz CT molecular complexity index is 638. The van der Waals surface area contributed by atoms with Crippen LogP contribution in [0.5, 0.6) is 0 Å². The first-order valence-corrected chi connectivity index (χ1v) is 6.43. The van der Waals surface area contributed by atoms with Crippen LogP contribution in [0.25, 0.3) is 11.1 Å². The van der Waals surface area contributed by atoms with Gasteiger partial charge in [0.25, 0.3) is 0 Å². The number of halogens is 1. The van der Waals surface area contributed by atoms with Gasteiger partial charge < -0.3 is 11.1 Å². The minimum absolute atomic E-state index is 0.104. The highest BCUT2D eigenvalue weighted by atomic mass is 19.1. The van der Waals surface area contributed by atoms with Gasteiger partial charge in [-0.3, -0.25) is 4.79 Å². The van der Waals surface area contributed by atoms with Crippen molar-refractivity contribution in [3.05, 3.63) is 48.3 Å². The molecule has 1 amide bonds. The largest absolute Gasteiger partial charge is 0.397 e. The molecule has 2 aromatic rings. The third-order valence-electron chi connectivity index (χ3n) is 2.99. The lowest BCUT2D eigenvalue weighted by Crippen LogP contribution is -2.18. The van der Waals surface area contributed by atoms with Gasteiger partial charge in [0.05, 0.1) is 11.4 Å². The summed E-state index contributed by atoms with van der Waals surface area (Å²) in [5.41, 5.74) is 8.43. The summed E-state index contributed by atoms with van der Waals surface area (Å²) in [6, 6.07) is 11.5. The fraction of sp³-hybridized carbons (Fsp3) is 0.188. The van der Waals surface area contributed by atoms with Crippen LogP contribution in [0.1, 0.15) is 13.8 Å². The first-order chi connectivity index (χ1) is 9.47. The lowest BCUT2D eigenvalue weighted by molar-refractivity contribution is -0.118. The van der Waals surface area contributed by atoms with Crippen molar-refractivity contribution in [2.24, 2.45) is 5.92 Å². The van der Waals surface area contributed by atoms with Crippen LogP contribution in [0.2, 0.25) is 0 Å². The number of nitrogens with one attached hydrogen (secondary N) is 1. The van der Waals surface area contributed by atoms with Crippen LogP contribution in [0.15, 0.2) is 42.5 Å². The van der Waals surface area contributed by atoms with E-state index >= 15 is 0 Å². The summed E-state index contributed by atoms with van der Waals surface area (Å²) < 4.78 is 13.3. The monoisotopic (exact) mass is 272 g/mol. The van der Waals surface area contributed by atoms with Crippen molar-refractivity contribution in [1.82, 2.24) is 0 Å². The standard InChI is InChI=1S/C16H17FN2O/c1-10(2)16(20)19-15-9-12(6-7-14(15)18)11-4-3-5-13(17)8-11/h3-10H,18H2,1-2H3,(H,19,20). The van der Waals surface area contributed by atoms with Crippen molar-refractivity contribution in [3.8, 4) is 11.1 Å². The number of anilines is 2. The van der Waals surface area contributed by atoms with Crippen molar-refractivity contribution in [2.75, 3.05) is 11.1 Å². The second-order valence-corrected chi connectivity index (χ2v) is 4.96. The number of nitrogen functional groups attached to an aromatic ring is 1. The molecule has 0 saturated heterocycles. The molecule has 0 saturated carbocycles. The summed E-state index contributed by atoms with van der Waals surface area (Å²) >= 11 is 0. The van der Waals surface area contributed by atoms with Crippen molar-refractivity contribution >= 4 is 17.3 Å². The van der Waals surface area contributed by atoms with Gasteiger partial charge in [-0.2, -0.15) is 0 Å². The molecule has 0 radical (unpaired) electrons. The Labute approximate surface area is 117 Å². The fourth-order valence-electron chi connectivity index (χ4n) is 1.79. The fourth-order valence-corrected chi connectivity index (χ4v) is 1.79. The highest BCUT2D eigenvalue weighted by Crippen LogP contribution is 2.28. The zero-order chi connectivity index (χ0) is 14.7. The van der Waals surface area contributed by atoms with Gasteiger partial charge >= 0.3 is 0 Å². The van der Waals surface area contributed by atoms with E-state index in [9.17, 15) is 9.18 Å². The third kappa shape index (κ3) is 3.15. The van der Waals surface area contributed by atoms with E-state index in [1.54, 1.807) is 24.3 Å². The van der Waals surface area contributed by atoms with Crippen molar-refractivity contribution in [2.45, 2.75) is 13.8 Å². The second-order valence-electron chi connectivity index (χ2n) is 4.96. The van der Waals surface area contributed by atoms with Gasteiger partial charge in [-0.15, -0.1) is 0 Å². The molecule has 0 spiro atoms. The summed E-state index contributed by atoms with van der Waals surface area (Å²) in [7, 11) is 0. The maximum absolute atomic E-state index is 13.3. The van der Waals surface area contributed by atoms with E-state index in [4.69, 9.17) is 5.73 Å². The number of amides is 1. The van der Waals surface area contributed by atoms with Crippen LogP contribution in [0, 0.1) is 11.7 Å². The first kappa shape index (κ1) is 14.1. The normalized spacial score (nSPS) is 10.6. The molecule has 0 fully saturated rings. The van der Waals surface area contributed by atoms with E-state index in [2.05, 4.69) is 5.32 Å². The number of carbonyl (C=O) groups excluding carboxylic acids is 1. The Balaban J connectivity index is 2.36. The van der Waals surface area contributed by atoms with Crippen LogP contribution in [0.3, 0.4) is 0 Å². The molecule has 0 aromatic heterocycles. The SMILES string of the molecule is CC(C)C(=O)Nc1cc(-c2cccc(F)c2)ccc1N. The zero-order valence-electron chi connectivity index (χ0n) is 11.5. The zero-order valence-corrected chi connectivity index (χ0v) is 11.5. The lowest BCUT2D eigenvalue weighted by atomic mass is 10.0. The maximum atomic E-state index is 13.3. The molecule has 0 aliphatic rings. The molecule has 3 N–H and O–H groups in total. The number of rotatable bonds is 3. The Morgan fingerprint density at radius 3 is 2.50 bits per heavy atom. The Morgan fingerprint density at radius 1 is 1.15 bits per heavy atom. The third-order valence-corrected chi connectivity index (χ3v) is 2.99. The van der Waals surface area contributed by atoms with E-state index in [0.717, 1.165) is 11.1 Å². The average molecular weight is 272 g/mol. The molecule has 2 rings (SSSR count). The predicted molar refractivity (Wildman–Crippen MR) is 79.7 cm³/mol. The number of benzene rings is 2. The number of carbonyl (C=O) groups is 1. The van der Waals surface area contributed by atoms with Crippen molar-refractivity contribution in [1.29, 1.82) is 0 Å². The maximum Gasteiger partial charge on any atom is 0.226 e. The second kappa shape index (κ2) is 5.74. The van der Waals surface area contributed by atoms with Gasteiger partial charge in [-0.1, -0.05) is 32.0 Å². The van der Waals surface area contributed by atoms with Crippen molar-refractivity contribution < 1.29 is 9.18 Å². The van der Waals surface area contributed by atoms with Gasteiger partial charge in [0.2, 0.25) is 5.91 Å². The smallest absolute Gasteiger partial charge is 0.226 e. The van der Waals surface area contributed by atoms with Crippen LogP contribution < -0.4 is 11.1 Å². The molecular formula is C16H17FN2O. The Hall–Kier alpha value is -2.36. The molecule has 0 unspecified atom stereocenters. The van der Waals surface area contributed by atoms with E-state index in [0.29, 0.717) is 11.4 Å². The molecule has 0 bridgehead atoms. The van der Waals surface area contributed by atoms with Crippen LogP contribution in [0.4, 0.5) is 15.8 Å². The average Bonchev–Trinajstić information content (AvgIpc) is 2.41. The number of nitrogens with two attached hydrogens (primary N) is 1. The Kier molecular flexibility index (Phi) is 4.03. The van der Waals surface area contributed by atoms with E-state index in [-0.39, 0.29) is 17.6 Å². The lowest BCUT2D eigenvalue weighted by Gasteiger charge is -2.12. The number of hydrogen-bond acceptors (Lipinski definition) is 2. The molecule has 0 atom stereocenters. The van der Waals surface area contributed by atoms with Gasteiger partial charge in [0.1, 0.15) is 5.82 Å². The molecule has 104 valence electrons. The predicted octanol–water partition coefficient (Wildman–Crippen LogP) is 3.67. The summed E-state index contributed by atoms with van der Waals surface area (Å²) in [6.45, 7) is 3.61. The summed E-state index contributed by atoms with van der Waals surface area (Å²) in [6.07, 6.45) is 0. The summed E-state index contributed by atoms with van der Waals surface area (Å²) in [4.78, 5) is 11.7. The highest BCUT2D eigenvalue weighted by Gasteiger charge is 2.10. The highest BCUT2D eigenvalue weighted by molar-refractivity contribution is 5.96. The van der Waals surface area contributed by atoms with E-state index in [1.165, 1.54) is 12.1 Å². The van der Waals surface area contributed by atoms with Gasteiger partial charge in [-0.25, -0.2) is 4.39 Å². The van der Waals surface area contributed by atoms with Gasteiger partial charge in [0, 0.05) is 5.92 Å². The summed E-state index contributed by atoms with van der Waals surface area (Å²) in [5.74, 6) is -0.535. The van der Waals surface area contributed by atoms with Gasteiger partial charge in [-0.05, 0) is 35.4 Å². The summed E-state index contributed by atoms with van der Waals surface area (Å²) in [5, 5.41) is 2.78. The molecule has 0 aliphatic carbocycles. The Morgan fingerprint density at radius 2 is 1.85 bits per heavy atom. The number of hydrogen-bond donors (Lipinski definition) is 2. The quantitative estimate of drug-likeness (QED) is 0.838. The van der Waals surface area contributed by atoms with Crippen molar-refractivity contribution in [3.63, 3.8) is 0 Å². The minimum atomic E-state index is -0.299. The molecule has 20 heavy (non-hydrogen) atoms. The van der Waals surface area contributed by atoms with E-state index in [1.807, 2.05) is 19.9 Å². The molecule has 4 heteroatoms. The molecule has 0 heterocycles. The van der Waals surface area contributed by atoms with E-state index < -0.39 is 0 Å². The molecular weight excluding hydrogens is 255 g/mol. The topological polar surface area (TPSA) is 55.1 Å². The molecule has 0 aliphatic heterocycles. The van der Waals surface area contributed by atoms with Crippen LogP contribution in [-0.2, 0) is 4.79 Å².